The Morgan fingerprint density at radius 1 is 0.861 bits per heavy atom. The fourth-order valence-electron chi connectivity index (χ4n) is 3.39. The van der Waals surface area contributed by atoms with Gasteiger partial charge in [-0.1, -0.05) is 50.2 Å². The van der Waals surface area contributed by atoms with Gasteiger partial charge >= 0.3 is 5.97 Å². The molecule has 188 valence electrons. The van der Waals surface area contributed by atoms with Crippen LogP contribution < -0.4 is 20.1 Å². The van der Waals surface area contributed by atoms with Crippen LogP contribution in [-0.2, 0) is 22.6 Å². The number of anilines is 1. The lowest BCUT2D eigenvalue weighted by molar-refractivity contribution is -0.138. The van der Waals surface area contributed by atoms with Crippen LogP contribution in [0.3, 0.4) is 0 Å². The third-order valence-electron chi connectivity index (χ3n) is 5.11. The van der Waals surface area contributed by atoms with Crippen LogP contribution in [0, 0.1) is 5.92 Å². The van der Waals surface area contributed by atoms with Crippen LogP contribution in [0.4, 0.5) is 5.69 Å². The monoisotopic (exact) mass is 490 g/mol. The van der Waals surface area contributed by atoms with Crippen LogP contribution in [0.5, 0.6) is 11.5 Å². The number of ether oxygens (including phenoxy) is 2. The van der Waals surface area contributed by atoms with E-state index in [1.165, 1.54) is 5.56 Å². The van der Waals surface area contributed by atoms with E-state index >= 15 is 0 Å². The highest BCUT2D eigenvalue weighted by molar-refractivity contribution is 6.06. The Morgan fingerprint density at radius 3 is 2.19 bits per heavy atom. The number of nitrogens with one attached hydrogen (secondary N) is 2. The summed E-state index contributed by atoms with van der Waals surface area (Å²) >= 11 is 0. The van der Waals surface area contributed by atoms with Gasteiger partial charge in [0.25, 0.3) is 11.8 Å². The van der Waals surface area contributed by atoms with E-state index in [-0.39, 0.29) is 11.3 Å². The van der Waals surface area contributed by atoms with Crippen molar-refractivity contribution in [1.29, 1.82) is 0 Å². The summed E-state index contributed by atoms with van der Waals surface area (Å²) in [7, 11) is 0. The molecule has 0 saturated heterocycles. The number of carbonyl (C=O) groups excluding carboxylic acids is 2. The average Bonchev–Trinajstić information content (AvgIpc) is 2.86. The van der Waals surface area contributed by atoms with Crippen molar-refractivity contribution in [3.8, 4) is 11.5 Å². The van der Waals surface area contributed by atoms with E-state index in [1.807, 2.05) is 0 Å². The first-order valence-electron chi connectivity index (χ1n) is 11.6. The highest BCUT2D eigenvalue weighted by atomic mass is 16.5. The number of hydrogen-bond acceptors (Lipinski definition) is 5. The molecule has 0 unspecified atom stereocenters. The molecule has 0 heterocycles. The van der Waals surface area contributed by atoms with Gasteiger partial charge in [-0.25, -0.2) is 0 Å². The molecule has 3 N–H and O–H groups in total. The summed E-state index contributed by atoms with van der Waals surface area (Å²) in [6, 6.07) is 21.9. The number of para-hydroxylation sites is 1. The molecule has 0 aromatic heterocycles. The Bertz CT molecular complexity index is 1170. The maximum Gasteiger partial charge on any atom is 0.322 e. The number of carboxylic acids is 1. The molecule has 0 atom stereocenters. The third-order valence-corrected chi connectivity index (χ3v) is 5.11. The lowest BCUT2D eigenvalue weighted by Crippen LogP contribution is -2.33. The molecule has 0 fully saturated rings. The minimum atomic E-state index is -1.16. The van der Waals surface area contributed by atoms with Crippen molar-refractivity contribution in [3.63, 3.8) is 0 Å². The van der Waals surface area contributed by atoms with Crippen LogP contribution in [0.15, 0.2) is 72.8 Å². The van der Waals surface area contributed by atoms with Crippen molar-refractivity contribution in [2.75, 3.05) is 18.5 Å². The van der Waals surface area contributed by atoms with Gasteiger partial charge in [0, 0.05) is 5.69 Å². The molecular weight excluding hydrogens is 460 g/mol. The molecule has 3 aromatic rings. The number of amides is 2. The number of rotatable bonds is 12. The number of benzene rings is 3. The second-order valence-electron chi connectivity index (χ2n) is 8.64. The Morgan fingerprint density at radius 2 is 1.53 bits per heavy atom. The van der Waals surface area contributed by atoms with Crippen LogP contribution in [-0.4, -0.2) is 36.0 Å². The predicted octanol–water partition coefficient (Wildman–Crippen LogP) is 4.30. The van der Waals surface area contributed by atoms with Crippen LogP contribution in [0.2, 0.25) is 0 Å². The van der Waals surface area contributed by atoms with E-state index < -0.39 is 30.9 Å². The molecule has 8 heteroatoms. The fraction of sp³-hybridized carbons (Fsp3) is 0.250. The molecule has 0 bridgehead atoms. The van der Waals surface area contributed by atoms with Gasteiger partial charge < -0.3 is 25.2 Å². The van der Waals surface area contributed by atoms with Crippen molar-refractivity contribution in [2.45, 2.75) is 26.9 Å². The molecule has 2 amide bonds. The molecule has 0 aliphatic heterocycles. The Hall–Kier alpha value is -4.33. The van der Waals surface area contributed by atoms with E-state index in [4.69, 9.17) is 14.6 Å². The van der Waals surface area contributed by atoms with Gasteiger partial charge in [-0.3, -0.25) is 14.4 Å². The molecule has 3 aromatic carbocycles. The van der Waals surface area contributed by atoms with Crippen molar-refractivity contribution in [3.05, 3.63) is 89.5 Å². The molecule has 3 rings (SSSR count). The van der Waals surface area contributed by atoms with Crippen molar-refractivity contribution in [1.82, 2.24) is 5.32 Å². The first-order chi connectivity index (χ1) is 17.3. The first kappa shape index (κ1) is 26.3. The maximum absolute atomic E-state index is 12.8. The van der Waals surface area contributed by atoms with E-state index in [2.05, 4.69) is 48.7 Å². The highest BCUT2D eigenvalue weighted by Crippen LogP contribution is 2.22. The Labute approximate surface area is 210 Å². The molecular formula is C28H30N2O6. The van der Waals surface area contributed by atoms with Gasteiger partial charge in [-0.05, 0) is 59.9 Å². The Kier molecular flexibility index (Phi) is 9.45. The van der Waals surface area contributed by atoms with Crippen LogP contribution in [0.1, 0.15) is 35.3 Å². The van der Waals surface area contributed by atoms with Crippen LogP contribution in [0.25, 0.3) is 0 Å². The minimum absolute atomic E-state index is 0.208. The summed E-state index contributed by atoms with van der Waals surface area (Å²) in [4.78, 5) is 35.0. The zero-order valence-corrected chi connectivity index (χ0v) is 20.3. The highest BCUT2D eigenvalue weighted by Gasteiger charge is 2.14. The summed E-state index contributed by atoms with van der Waals surface area (Å²) in [5.74, 6) is -0.670. The quantitative estimate of drug-likeness (QED) is 0.349. The number of aliphatic carboxylic acids is 1. The SMILES string of the molecule is CC(C)Cc1ccc(COc2ccc(NC(=O)c3ccccc3OCC(=O)NCC(=O)O)cc2)cc1. The fourth-order valence-corrected chi connectivity index (χ4v) is 3.39. The smallest absolute Gasteiger partial charge is 0.322 e. The molecule has 0 aliphatic rings. The zero-order valence-electron chi connectivity index (χ0n) is 20.3. The van der Waals surface area contributed by atoms with Gasteiger partial charge in [0.1, 0.15) is 24.7 Å². The van der Waals surface area contributed by atoms with E-state index in [0.29, 0.717) is 24.0 Å². The van der Waals surface area contributed by atoms with E-state index in [9.17, 15) is 14.4 Å². The largest absolute Gasteiger partial charge is 0.489 e. The number of carbonyl (C=O) groups is 3. The van der Waals surface area contributed by atoms with Gasteiger partial charge in [-0.15, -0.1) is 0 Å². The maximum atomic E-state index is 12.8. The number of carboxylic acid groups (broad SMARTS) is 1. The summed E-state index contributed by atoms with van der Waals surface area (Å²) in [6.45, 7) is 3.92. The minimum Gasteiger partial charge on any atom is -0.489 e. The second kappa shape index (κ2) is 12.9. The van der Waals surface area contributed by atoms with Gasteiger partial charge in [-0.2, -0.15) is 0 Å². The van der Waals surface area contributed by atoms with Crippen molar-refractivity contribution >= 4 is 23.5 Å². The molecule has 0 saturated carbocycles. The third kappa shape index (κ3) is 8.47. The molecule has 36 heavy (non-hydrogen) atoms. The Balaban J connectivity index is 1.53. The van der Waals surface area contributed by atoms with Crippen molar-refractivity contribution in [2.24, 2.45) is 5.92 Å². The summed E-state index contributed by atoms with van der Waals surface area (Å²) in [5, 5.41) is 13.6. The summed E-state index contributed by atoms with van der Waals surface area (Å²) in [5.41, 5.74) is 3.19. The zero-order chi connectivity index (χ0) is 25.9. The summed E-state index contributed by atoms with van der Waals surface area (Å²) in [6.07, 6.45) is 1.05. The first-order valence-corrected chi connectivity index (χ1v) is 11.6. The van der Waals surface area contributed by atoms with Gasteiger partial charge in [0.15, 0.2) is 6.61 Å². The topological polar surface area (TPSA) is 114 Å². The van der Waals surface area contributed by atoms with Gasteiger partial charge in [0.2, 0.25) is 0 Å². The molecule has 8 nitrogen and oxygen atoms in total. The summed E-state index contributed by atoms with van der Waals surface area (Å²) < 4.78 is 11.3. The van der Waals surface area contributed by atoms with Crippen molar-refractivity contribution < 1.29 is 29.0 Å². The molecule has 0 radical (unpaired) electrons. The second-order valence-corrected chi connectivity index (χ2v) is 8.64. The van der Waals surface area contributed by atoms with Crippen LogP contribution >= 0.6 is 0 Å². The van der Waals surface area contributed by atoms with E-state index in [1.54, 1.807) is 48.5 Å². The standard InChI is InChI=1S/C28H30N2O6/c1-19(2)15-20-7-9-21(10-8-20)17-35-23-13-11-22(12-14-23)30-28(34)24-5-3-4-6-25(24)36-18-26(31)29-16-27(32)33/h3-14,19H,15-18H2,1-2H3,(H,29,31)(H,30,34)(H,32,33). The predicted molar refractivity (Wildman–Crippen MR) is 136 cm³/mol. The van der Waals surface area contributed by atoms with E-state index in [0.717, 1.165) is 12.0 Å². The van der Waals surface area contributed by atoms with Gasteiger partial charge in [0.05, 0.1) is 5.56 Å². The molecule has 0 spiro atoms. The lowest BCUT2D eigenvalue weighted by atomic mass is 10.0. The lowest BCUT2D eigenvalue weighted by Gasteiger charge is -2.12. The average molecular weight is 491 g/mol. The number of hydrogen-bond donors (Lipinski definition) is 3. The normalized spacial score (nSPS) is 10.5. The molecule has 0 aliphatic carbocycles.